The molecule has 2 N–H and O–H groups in total. The Hall–Kier alpha value is -0.690. The number of fused-ring (bicyclic) bond motifs is 2. The monoisotopic (exact) mass is 440 g/mol. The van der Waals surface area contributed by atoms with E-state index >= 15 is 0 Å². The summed E-state index contributed by atoms with van der Waals surface area (Å²) in [6, 6.07) is 0. The summed E-state index contributed by atoms with van der Waals surface area (Å²) in [7, 11) is 0. The van der Waals surface area contributed by atoms with Crippen LogP contribution in [0.5, 0.6) is 0 Å². The molecule has 7 atom stereocenters. The molecule has 1 heterocycles. The lowest BCUT2D eigenvalue weighted by Gasteiger charge is -2.43. The highest BCUT2D eigenvalue weighted by Crippen LogP contribution is 2.47. The van der Waals surface area contributed by atoms with E-state index in [9.17, 15) is 15.0 Å². The lowest BCUT2D eigenvalue weighted by molar-refractivity contribution is -0.276. The van der Waals surface area contributed by atoms with Gasteiger partial charge < -0.3 is 24.4 Å². The Balaban J connectivity index is 1.74. The number of hydrogen-bond donors (Lipinski definition) is 2. The van der Waals surface area contributed by atoms with Crippen molar-refractivity contribution in [2.75, 3.05) is 0 Å². The molecule has 2 saturated carbocycles. The fourth-order valence-electron chi connectivity index (χ4n) is 6.05. The Bertz CT molecular complexity index is 613. The molecule has 1 saturated heterocycles. The number of ether oxygens (including phenoxy) is 3. The second kappa shape index (κ2) is 9.66. The molecule has 0 aromatic carbocycles. The van der Waals surface area contributed by atoms with Gasteiger partial charge in [-0.1, -0.05) is 41.5 Å². The van der Waals surface area contributed by atoms with E-state index in [-0.39, 0.29) is 23.4 Å². The predicted octanol–water partition coefficient (Wildman–Crippen LogP) is 4.41. The minimum atomic E-state index is -0.963. The molecule has 1 aliphatic heterocycles. The molecule has 31 heavy (non-hydrogen) atoms. The zero-order chi connectivity index (χ0) is 23.0. The largest absolute Gasteiger partial charge is 0.459 e. The average Bonchev–Trinajstić information content (AvgIpc) is 3.22. The molecule has 0 radical (unpaired) electrons. The van der Waals surface area contributed by atoms with Crippen LogP contribution in [0, 0.1) is 29.1 Å². The fraction of sp³-hybridized carbons (Fsp3) is 0.960. The highest BCUT2D eigenvalue weighted by Gasteiger charge is 2.56. The van der Waals surface area contributed by atoms with Crippen LogP contribution < -0.4 is 0 Å². The van der Waals surface area contributed by atoms with E-state index in [0.29, 0.717) is 18.8 Å². The number of carbonyl (C=O) groups excluding carboxylic acids is 1. The third-order valence-corrected chi connectivity index (χ3v) is 8.36. The Morgan fingerprint density at radius 3 is 2.39 bits per heavy atom. The van der Waals surface area contributed by atoms with Crippen LogP contribution in [-0.4, -0.2) is 46.6 Å². The van der Waals surface area contributed by atoms with Crippen molar-refractivity contribution in [3.63, 3.8) is 0 Å². The van der Waals surface area contributed by atoms with E-state index in [4.69, 9.17) is 14.2 Å². The highest BCUT2D eigenvalue weighted by atomic mass is 16.7. The summed E-state index contributed by atoms with van der Waals surface area (Å²) in [4.78, 5) is 13.2. The van der Waals surface area contributed by atoms with Gasteiger partial charge in [-0.25, -0.2) is 0 Å². The van der Waals surface area contributed by atoms with Crippen LogP contribution in [0.3, 0.4) is 0 Å². The van der Waals surface area contributed by atoms with E-state index < -0.39 is 36.1 Å². The summed E-state index contributed by atoms with van der Waals surface area (Å²) in [5.41, 5.74) is -0.758. The van der Waals surface area contributed by atoms with Gasteiger partial charge in [-0.05, 0) is 62.7 Å². The molecule has 7 unspecified atom stereocenters. The van der Waals surface area contributed by atoms with Crippen LogP contribution in [0.2, 0.25) is 0 Å². The van der Waals surface area contributed by atoms with E-state index in [1.807, 2.05) is 0 Å². The van der Waals surface area contributed by atoms with Gasteiger partial charge in [0.25, 0.3) is 0 Å². The molecule has 2 bridgehead atoms. The maximum absolute atomic E-state index is 13.2. The van der Waals surface area contributed by atoms with Crippen molar-refractivity contribution < 1.29 is 29.2 Å². The molecule has 0 aromatic heterocycles. The van der Waals surface area contributed by atoms with Crippen molar-refractivity contribution in [3.05, 3.63) is 0 Å². The molecular weight excluding hydrogens is 396 g/mol. The number of esters is 1. The zero-order valence-corrected chi connectivity index (χ0v) is 20.3. The van der Waals surface area contributed by atoms with Crippen molar-refractivity contribution in [3.8, 4) is 0 Å². The molecule has 0 spiro atoms. The third kappa shape index (κ3) is 5.13. The SMILES string of the molecule is CCC1(OC(=O)C2CC3CC(O)OC2C3OC(O)C(C)(CC(C)C)C(C)C)CCCC1. The number of hydrogen-bond acceptors (Lipinski definition) is 6. The maximum atomic E-state index is 13.2. The van der Waals surface area contributed by atoms with Crippen LogP contribution in [0.1, 0.15) is 92.9 Å². The summed E-state index contributed by atoms with van der Waals surface area (Å²) < 4.78 is 18.2. The number of rotatable bonds is 9. The lowest BCUT2D eigenvalue weighted by Crippen LogP contribution is -2.50. The third-order valence-electron chi connectivity index (χ3n) is 8.36. The normalized spacial score (nSPS) is 35.4. The van der Waals surface area contributed by atoms with Gasteiger partial charge in [0.1, 0.15) is 11.7 Å². The van der Waals surface area contributed by atoms with E-state index in [2.05, 4.69) is 41.5 Å². The summed E-state index contributed by atoms with van der Waals surface area (Å²) in [5, 5.41) is 21.3. The first-order chi connectivity index (χ1) is 14.5. The van der Waals surface area contributed by atoms with Crippen LogP contribution >= 0.6 is 0 Å². The Labute approximate surface area is 188 Å². The molecule has 180 valence electrons. The number of carbonyl (C=O) groups is 1. The van der Waals surface area contributed by atoms with Gasteiger partial charge in [-0.2, -0.15) is 0 Å². The number of aliphatic hydroxyl groups is 2. The van der Waals surface area contributed by atoms with Gasteiger partial charge in [0.2, 0.25) is 0 Å². The van der Waals surface area contributed by atoms with E-state index in [1.165, 1.54) is 0 Å². The molecule has 6 nitrogen and oxygen atoms in total. The molecule has 0 amide bonds. The summed E-state index contributed by atoms with van der Waals surface area (Å²) in [6.07, 6.45) is 3.80. The highest BCUT2D eigenvalue weighted by molar-refractivity contribution is 5.74. The van der Waals surface area contributed by atoms with Gasteiger partial charge in [-0.3, -0.25) is 4.79 Å². The summed E-state index contributed by atoms with van der Waals surface area (Å²) in [6.45, 7) is 12.7. The van der Waals surface area contributed by atoms with Gasteiger partial charge in [0, 0.05) is 11.8 Å². The average molecular weight is 441 g/mol. The Morgan fingerprint density at radius 1 is 1.19 bits per heavy atom. The van der Waals surface area contributed by atoms with Crippen molar-refractivity contribution in [2.24, 2.45) is 29.1 Å². The van der Waals surface area contributed by atoms with Crippen molar-refractivity contribution in [1.82, 2.24) is 0 Å². The van der Waals surface area contributed by atoms with Gasteiger partial charge in [0.15, 0.2) is 12.6 Å². The molecule has 3 fully saturated rings. The molecule has 3 rings (SSSR count). The Kier molecular flexibility index (Phi) is 7.77. The molecule has 3 aliphatic rings. The minimum absolute atomic E-state index is 0.0300. The Morgan fingerprint density at radius 2 is 1.84 bits per heavy atom. The van der Waals surface area contributed by atoms with Crippen LogP contribution in [0.15, 0.2) is 0 Å². The summed E-state index contributed by atoms with van der Waals surface area (Å²) >= 11 is 0. The van der Waals surface area contributed by atoms with Gasteiger partial charge in [0.05, 0.1) is 12.0 Å². The smallest absolute Gasteiger partial charge is 0.312 e. The van der Waals surface area contributed by atoms with Crippen molar-refractivity contribution in [2.45, 2.75) is 123 Å². The first kappa shape index (κ1) is 24.9. The zero-order valence-electron chi connectivity index (χ0n) is 20.3. The van der Waals surface area contributed by atoms with E-state index in [1.54, 1.807) is 0 Å². The van der Waals surface area contributed by atoms with Crippen LogP contribution in [0.25, 0.3) is 0 Å². The number of aliphatic hydroxyl groups excluding tert-OH is 2. The molecule has 6 heteroatoms. The first-order valence-electron chi connectivity index (χ1n) is 12.4. The van der Waals surface area contributed by atoms with Gasteiger partial charge in [-0.15, -0.1) is 0 Å². The minimum Gasteiger partial charge on any atom is -0.459 e. The second-order valence-corrected chi connectivity index (χ2v) is 11.3. The molecular formula is C25H44O6. The summed E-state index contributed by atoms with van der Waals surface area (Å²) in [5.74, 6) is -0.0741. The first-order valence-corrected chi connectivity index (χ1v) is 12.4. The predicted molar refractivity (Wildman–Crippen MR) is 118 cm³/mol. The van der Waals surface area contributed by atoms with Crippen LogP contribution in [0.4, 0.5) is 0 Å². The van der Waals surface area contributed by atoms with Gasteiger partial charge >= 0.3 is 5.97 Å². The fourth-order valence-corrected chi connectivity index (χ4v) is 6.05. The van der Waals surface area contributed by atoms with Crippen molar-refractivity contribution >= 4 is 5.97 Å². The maximum Gasteiger partial charge on any atom is 0.312 e. The topological polar surface area (TPSA) is 85.2 Å². The van der Waals surface area contributed by atoms with E-state index in [0.717, 1.165) is 38.5 Å². The van der Waals surface area contributed by atoms with Crippen molar-refractivity contribution in [1.29, 1.82) is 0 Å². The molecule has 2 aliphatic carbocycles. The lowest BCUT2D eigenvalue weighted by atomic mass is 9.72. The van der Waals surface area contributed by atoms with Crippen LogP contribution in [-0.2, 0) is 19.0 Å². The quantitative estimate of drug-likeness (QED) is 0.408. The standard InChI is InChI=1S/C25H44O6/c1-7-25(10-8-9-11-25)31-22(27)18-12-17-13-19(26)29-21(18)20(17)30-23(28)24(6,16(4)5)14-15(2)3/h15-21,23,26,28H,7-14H2,1-6H3. The molecule has 0 aromatic rings. The second-order valence-electron chi connectivity index (χ2n) is 11.3.